The molecule has 0 unspecified atom stereocenters. The maximum Gasteiger partial charge on any atom is 0.255 e. The lowest BCUT2D eigenvalue weighted by Gasteiger charge is -2.29. The standard InChI is InChI=1S/C16H22N4O2/c1-16(2,3)12(8-21)20-15(22)10-6-17-14-13(10)19-11(7-18-14)9-4-5-9/h6-7,9,12,21H,4-5,8H2,1-3H3,(H,17,18)(H,20,22)/t12-/m0/s1. The summed E-state index contributed by atoms with van der Waals surface area (Å²) in [6, 6.07) is -0.315. The molecule has 0 aliphatic heterocycles. The number of hydrogen-bond donors (Lipinski definition) is 3. The smallest absolute Gasteiger partial charge is 0.255 e. The highest BCUT2D eigenvalue weighted by Gasteiger charge is 2.29. The summed E-state index contributed by atoms with van der Waals surface area (Å²) < 4.78 is 0. The minimum Gasteiger partial charge on any atom is -0.394 e. The number of carbonyl (C=O) groups is 1. The van der Waals surface area contributed by atoms with Gasteiger partial charge in [-0.15, -0.1) is 0 Å². The molecule has 1 saturated carbocycles. The average Bonchev–Trinajstić information content (AvgIpc) is 3.22. The van der Waals surface area contributed by atoms with E-state index in [1.165, 1.54) is 0 Å². The molecular formula is C16H22N4O2. The molecule has 2 heterocycles. The van der Waals surface area contributed by atoms with Crippen molar-refractivity contribution >= 4 is 17.1 Å². The van der Waals surface area contributed by atoms with Crippen LogP contribution in [0.4, 0.5) is 0 Å². The molecule has 0 saturated heterocycles. The molecule has 6 nitrogen and oxygen atoms in total. The number of aliphatic hydroxyl groups excluding tert-OH is 1. The van der Waals surface area contributed by atoms with Crippen molar-refractivity contribution in [1.29, 1.82) is 0 Å². The van der Waals surface area contributed by atoms with Crippen LogP contribution in [-0.2, 0) is 0 Å². The summed E-state index contributed by atoms with van der Waals surface area (Å²) in [6.07, 6.45) is 5.70. The van der Waals surface area contributed by atoms with Crippen molar-refractivity contribution in [3.8, 4) is 0 Å². The predicted octanol–water partition coefficient (Wildman–Crippen LogP) is 1.97. The summed E-state index contributed by atoms with van der Waals surface area (Å²) in [5.41, 5.74) is 2.43. The van der Waals surface area contributed by atoms with Crippen LogP contribution in [0.15, 0.2) is 12.4 Å². The van der Waals surface area contributed by atoms with Gasteiger partial charge in [-0.05, 0) is 18.3 Å². The van der Waals surface area contributed by atoms with E-state index in [2.05, 4.69) is 20.3 Å². The van der Waals surface area contributed by atoms with Crippen LogP contribution in [0.1, 0.15) is 55.6 Å². The van der Waals surface area contributed by atoms with Gasteiger partial charge in [0, 0.05) is 12.1 Å². The summed E-state index contributed by atoms with van der Waals surface area (Å²) in [5.74, 6) is 0.255. The van der Waals surface area contributed by atoms with E-state index in [9.17, 15) is 9.90 Å². The van der Waals surface area contributed by atoms with Gasteiger partial charge >= 0.3 is 0 Å². The monoisotopic (exact) mass is 302 g/mol. The number of H-pyrrole nitrogens is 1. The van der Waals surface area contributed by atoms with Crippen LogP contribution in [-0.4, -0.2) is 38.6 Å². The number of aliphatic hydroxyl groups is 1. The molecule has 1 amide bonds. The third-order valence-corrected chi connectivity index (χ3v) is 4.17. The van der Waals surface area contributed by atoms with E-state index in [1.807, 2.05) is 20.8 Å². The molecule has 1 fully saturated rings. The summed E-state index contributed by atoms with van der Waals surface area (Å²) in [5, 5.41) is 12.4. The van der Waals surface area contributed by atoms with Gasteiger partial charge in [0.15, 0.2) is 5.65 Å². The molecule has 3 N–H and O–H groups in total. The number of nitrogens with one attached hydrogen (secondary N) is 2. The Morgan fingerprint density at radius 3 is 2.82 bits per heavy atom. The van der Waals surface area contributed by atoms with Crippen LogP contribution in [0.5, 0.6) is 0 Å². The first-order valence-electron chi connectivity index (χ1n) is 7.66. The van der Waals surface area contributed by atoms with Crippen molar-refractivity contribution in [2.45, 2.75) is 45.6 Å². The van der Waals surface area contributed by atoms with Gasteiger partial charge in [0.25, 0.3) is 5.91 Å². The van der Waals surface area contributed by atoms with E-state index < -0.39 is 0 Å². The second kappa shape index (κ2) is 5.35. The second-order valence-corrected chi connectivity index (χ2v) is 7.04. The van der Waals surface area contributed by atoms with Gasteiger partial charge in [-0.3, -0.25) is 4.79 Å². The molecule has 2 aromatic heterocycles. The van der Waals surface area contributed by atoms with E-state index in [0.29, 0.717) is 22.6 Å². The SMILES string of the molecule is CC(C)(C)[C@H](CO)NC(=O)c1c[nH]c2ncc(C3CC3)nc12. The van der Waals surface area contributed by atoms with Crippen molar-refractivity contribution in [2.24, 2.45) is 5.41 Å². The van der Waals surface area contributed by atoms with Crippen molar-refractivity contribution in [2.75, 3.05) is 6.61 Å². The molecule has 3 rings (SSSR count). The highest BCUT2D eigenvalue weighted by atomic mass is 16.3. The Kier molecular flexibility index (Phi) is 3.64. The third kappa shape index (κ3) is 2.83. The van der Waals surface area contributed by atoms with Crippen LogP contribution in [0, 0.1) is 5.41 Å². The first kappa shape index (κ1) is 15.0. The number of hydrogen-bond acceptors (Lipinski definition) is 4. The van der Waals surface area contributed by atoms with Crippen molar-refractivity contribution in [3.05, 3.63) is 23.7 Å². The highest BCUT2D eigenvalue weighted by Crippen LogP contribution is 2.39. The molecule has 6 heteroatoms. The molecular weight excluding hydrogens is 280 g/mol. The molecule has 1 aliphatic carbocycles. The van der Waals surface area contributed by atoms with Gasteiger partial charge in [0.05, 0.1) is 30.1 Å². The zero-order chi connectivity index (χ0) is 15.9. The molecule has 22 heavy (non-hydrogen) atoms. The minimum absolute atomic E-state index is 0.101. The molecule has 0 spiro atoms. The molecule has 0 radical (unpaired) electrons. The number of nitrogens with zero attached hydrogens (tertiary/aromatic N) is 2. The zero-order valence-electron chi connectivity index (χ0n) is 13.2. The normalized spacial score (nSPS) is 16.7. The lowest BCUT2D eigenvalue weighted by atomic mass is 9.87. The highest BCUT2D eigenvalue weighted by molar-refractivity contribution is 6.04. The Labute approximate surface area is 129 Å². The Balaban J connectivity index is 1.88. The first-order valence-corrected chi connectivity index (χ1v) is 7.66. The van der Waals surface area contributed by atoms with E-state index in [1.54, 1.807) is 12.4 Å². The number of carbonyl (C=O) groups excluding carboxylic acids is 1. The van der Waals surface area contributed by atoms with Gasteiger partial charge in [0.2, 0.25) is 0 Å². The molecule has 0 aromatic carbocycles. The Morgan fingerprint density at radius 2 is 2.23 bits per heavy atom. The first-order chi connectivity index (χ1) is 10.4. The lowest BCUT2D eigenvalue weighted by molar-refractivity contribution is 0.0849. The van der Waals surface area contributed by atoms with Gasteiger partial charge in [0.1, 0.15) is 5.52 Å². The summed E-state index contributed by atoms with van der Waals surface area (Å²) in [4.78, 5) is 24.5. The molecule has 118 valence electrons. The molecule has 2 aromatic rings. The van der Waals surface area contributed by atoms with E-state index in [0.717, 1.165) is 18.5 Å². The van der Waals surface area contributed by atoms with Crippen LogP contribution >= 0.6 is 0 Å². The van der Waals surface area contributed by atoms with E-state index >= 15 is 0 Å². The van der Waals surface area contributed by atoms with Crippen molar-refractivity contribution < 1.29 is 9.90 Å². The molecule has 0 bridgehead atoms. The van der Waals surface area contributed by atoms with Gasteiger partial charge in [-0.25, -0.2) is 9.97 Å². The van der Waals surface area contributed by atoms with E-state index in [-0.39, 0.29) is 24.0 Å². The van der Waals surface area contributed by atoms with Gasteiger partial charge < -0.3 is 15.4 Å². The number of rotatable bonds is 4. The fraction of sp³-hybridized carbons (Fsp3) is 0.562. The Hall–Kier alpha value is -1.95. The fourth-order valence-electron chi connectivity index (χ4n) is 2.43. The second-order valence-electron chi connectivity index (χ2n) is 7.04. The minimum atomic E-state index is -0.315. The zero-order valence-corrected chi connectivity index (χ0v) is 13.2. The maximum atomic E-state index is 12.5. The average molecular weight is 302 g/mol. The van der Waals surface area contributed by atoms with Crippen LogP contribution < -0.4 is 5.32 Å². The summed E-state index contributed by atoms with van der Waals surface area (Å²) >= 11 is 0. The number of fused-ring (bicyclic) bond motifs is 1. The Bertz CT molecular complexity index is 698. The molecule has 1 atom stereocenters. The van der Waals surface area contributed by atoms with Crippen molar-refractivity contribution in [3.63, 3.8) is 0 Å². The topological polar surface area (TPSA) is 90.9 Å². The van der Waals surface area contributed by atoms with Crippen LogP contribution in [0.2, 0.25) is 0 Å². The van der Waals surface area contributed by atoms with Crippen molar-refractivity contribution in [1.82, 2.24) is 20.3 Å². The third-order valence-electron chi connectivity index (χ3n) is 4.17. The summed E-state index contributed by atoms with van der Waals surface area (Å²) in [7, 11) is 0. The quantitative estimate of drug-likeness (QED) is 0.805. The van der Waals surface area contributed by atoms with Crippen LogP contribution in [0.25, 0.3) is 11.2 Å². The number of amides is 1. The fourth-order valence-corrected chi connectivity index (χ4v) is 2.43. The maximum absolute atomic E-state index is 12.5. The summed E-state index contributed by atoms with van der Waals surface area (Å²) in [6.45, 7) is 5.84. The number of aromatic nitrogens is 3. The van der Waals surface area contributed by atoms with Gasteiger partial charge in [-0.1, -0.05) is 20.8 Å². The van der Waals surface area contributed by atoms with Crippen LogP contribution in [0.3, 0.4) is 0 Å². The largest absolute Gasteiger partial charge is 0.394 e. The Morgan fingerprint density at radius 1 is 1.50 bits per heavy atom. The number of aromatic amines is 1. The van der Waals surface area contributed by atoms with E-state index in [4.69, 9.17) is 0 Å². The molecule has 1 aliphatic rings. The lowest BCUT2D eigenvalue weighted by Crippen LogP contribution is -2.46. The predicted molar refractivity (Wildman–Crippen MR) is 83.7 cm³/mol. The van der Waals surface area contributed by atoms with Gasteiger partial charge in [-0.2, -0.15) is 0 Å².